The monoisotopic (exact) mass is 359 g/mol. The summed E-state index contributed by atoms with van der Waals surface area (Å²) in [5.41, 5.74) is 5.42. The lowest BCUT2D eigenvalue weighted by atomic mass is 9.91. The van der Waals surface area contributed by atoms with E-state index in [0.29, 0.717) is 0 Å². The highest BCUT2D eigenvalue weighted by Crippen LogP contribution is 2.38. The van der Waals surface area contributed by atoms with E-state index in [1.54, 1.807) is 11.3 Å². The van der Waals surface area contributed by atoms with Gasteiger partial charge in [0.2, 0.25) is 0 Å². The Morgan fingerprint density at radius 3 is 2.38 bits per heavy atom. The zero-order chi connectivity index (χ0) is 15.0. The van der Waals surface area contributed by atoms with Crippen molar-refractivity contribution >= 4 is 37.4 Å². The lowest BCUT2D eigenvalue weighted by molar-refractivity contribution is 0.690. The highest BCUT2D eigenvalue weighted by molar-refractivity contribution is 9.10. The summed E-state index contributed by atoms with van der Waals surface area (Å²) in [7, 11) is 2.04. The van der Waals surface area contributed by atoms with Crippen LogP contribution in [-0.2, 0) is 0 Å². The van der Waals surface area contributed by atoms with E-state index in [4.69, 9.17) is 0 Å². The molecule has 0 amide bonds. The summed E-state index contributed by atoms with van der Waals surface area (Å²) in [5.74, 6) is 0. The van der Waals surface area contributed by atoms with Crippen LogP contribution >= 0.6 is 27.3 Å². The van der Waals surface area contributed by atoms with Gasteiger partial charge in [-0.25, -0.2) is 0 Å². The number of hydrogen-bond acceptors (Lipinski definition) is 2. The molecule has 1 unspecified atom stereocenters. The summed E-state index contributed by atoms with van der Waals surface area (Å²) in [6.07, 6.45) is 0. The Labute approximate surface area is 138 Å². The average molecular weight is 360 g/mol. The van der Waals surface area contributed by atoms with Gasteiger partial charge in [0, 0.05) is 9.17 Å². The van der Waals surface area contributed by atoms with Gasteiger partial charge >= 0.3 is 0 Å². The van der Waals surface area contributed by atoms with Gasteiger partial charge < -0.3 is 5.32 Å². The summed E-state index contributed by atoms with van der Waals surface area (Å²) < 4.78 is 2.49. The van der Waals surface area contributed by atoms with Crippen LogP contribution in [0.1, 0.15) is 28.3 Å². The molecule has 0 spiro atoms. The van der Waals surface area contributed by atoms with Crippen molar-refractivity contribution in [3.63, 3.8) is 0 Å². The molecule has 21 heavy (non-hydrogen) atoms. The molecule has 0 aliphatic heterocycles. The molecule has 0 bridgehead atoms. The maximum Gasteiger partial charge on any atom is 0.0593 e. The number of thiophene rings is 1. The maximum absolute atomic E-state index is 3.66. The zero-order valence-electron chi connectivity index (χ0n) is 12.4. The molecule has 1 N–H and O–H groups in total. The van der Waals surface area contributed by atoms with E-state index in [0.717, 1.165) is 0 Å². The molecular formula is C18H18BrNS. The predicted molar refractivity (Wildman–Crippen MR) is 96.3 cm³/mol. The maximum atomic E-state index is 3.66. The standard InChI is InChI=1S/C18H18BrNS/c1-11-6-4-7-12(2)16(11)17(20-3)14-10-21-18-13(14)8-5-9-15(18)19/h4-10,17,20H,1-3H3. The summed E-state index contributed by atoms with van der Waals surface area (Å²) >= 11 is 5.46. The number of benzene rings is 2. The first-order valence-electron chi connectivity index (χ1n) is 7.02. The molecule has 1 nitrogen and oxygen atoms in total. The molecule has 0 aliphatic rings. The highest BCUT2D eigenvalue weighted by Gasteiger charge is 2.20. The van der Waals surface area contributed by atoms with Gasteiger partial charge in [0.25, 0.3) is 0 Å². The van der Waals surface area contributed by atoms with Crippen LogP contribution in [0.25, 0.3) is 10.1 Å². The van der Waals surface area contributed by atoms with Crippen LogP contribution in [-0.4, -0.2) is 7.05 Å². The van der Waals surface area contributed by atoms with Crippen LogP contribution in [0, 0.1) is 13.8 Å². The van der Waals surface area contributed by atoms with Crippen molar-refractivity contribution in [3.05, 3.63) is 68.5 Å². The lowest BCUT2D eigenvalue weighted by Gasteiger charge is -2.21. The molecule has 108 valence electrons. The van der Waals surface area contributed by atoms with Crippen molar-refractivity contribution in [2.75, 3.05) is 7.05 Å². The molecule has 0 radical (unpaired) electrons. The fourth-order valence-electron chi connectivity index (χ4n) is 3.00. The first kappa shape index (κ1) is 14.8. The van der Waals surface area contributed by atoms with Crippen molar-refractivity contribution < 1.29 is 0 Å². The van der Waals surface area contributed by atoms with Crippen LogP contribution < -0.4 is 5.32 Å². The Hall–Kier alpha value is -1.16. The van der Waals surface area contributed by atoms with Gasteiger partial charge in [-0.2, -0.15) is 0 Å². The molecule has 0 saturated carbocycles. The second-order valence-corrected chi connectivity index (χ2v) is 7.07. The third-order valence-electron chi connectivity index (χ3n) is 4.01. The van der Waals surface area contributed by atoms with E-state index < -0.39 is 0 Å². The first-order chi connectivity index (χ1) is 10.1. The summed E-state index contributed by atoms with van der Waals surface area (Å²) in [6.45, 7) is 4.38. The molecule has 1 atom stereocenters. The van der Waals surface area contributed by atoms with Gasteiger partial charge in [-0.1, -0.05) is 30.3 Å². The van der Waals surface area contributed by atoms with E-state index in [-0.39, 0.29) is 6.04 Å². The molecule has 1 heterocycles. The molecule has 3 aromatic rings. The second-order valence-electron chi connectivity index (χ2n) is 5.33. The van der Waals surface area contributed by atoms with Gasteiger partial charge in [0.1, 0.15) is 0 Å². The topological polar surface area (TPSA) is 12.0 Å². The summed E-state index contributed by atoms with van der Waals surface area (Å²) in [4.78, 5) is 0. The minimum absolute atomic E-state index is 0.231. The normalized spacial score (nSPS) is 12.8. The molecule has 0 aliphatic carbocycles. The average Bonchev–Trinajstić information content (AvgIpc) is 2.88. The van der Waals surface area contributed by atoms with E-state index in [9.17, 15) is 0 Å². The molecular weight excluding hydrogens is 342 g/mol. The number of rotatable bonds is 3. The predicted octanol–water partition coefficient (Wildman–Crippen LogP) is 5.59. The lowest BCUT2D eigenvalue weighted by Crippen LogP contribution is -2.19. The number of aryl methyl sites for hydroxylation is 2. The zero-order valence-corrected chi connectivity index (χ0v) is 14.8. The minimum atomic E-state index is 0.231. The van der Waals surface area contributed by atoms with Gasteiger partial charge in [-0.05, 0) is 75.9 Å². The van der Waals surface area contributed by atoms with Crippen molar-refractivity contribution in [1.29, 1.82) is 0 Å². The first-order valence-corrected chi connectivity index (χ1v) is 8.69. The smallest absolute Gasteiger partial charge is 0.0593 e. The summed E-state index contributed by atoms with van der Waals surface area (Å²) in [5, 5.41) is 7.12. The molecule has 3 heteroatoms. The van der Waals surface area contributed by atoms with Gasteiger partial charge in [-0.15, -0.1) is 11.3 Å². The second kappa shape index (κ2) is 5.91. The van der Waals surface area contributed by atoms with Crippen LogP contribution in [0.4, 0.5) is 0 Å². The fraction of sp³-hybridized carbons (Fsp3) is 0.222. The van der Waals surface area contributed by atoms with E-state index in [2.05, 4.69) is 76.9 Å². The number of nitrogens with one attached hydrogen (secondary N) is 1. The van der Waals surface area contributed by atoms with Crippen LogP contribution in [0.2, 0.25) is 0 Å². The Bertz CT molecular complexity index is 771. The van der Waals surface area contributed by atoms with Crippen molar-refractivity contribution in [3.8, 4) is 0 Å². The summed E-state index contributed by atoms with van der Waals surface area (Å²) in [6, 6.07) is 13.2. The van der Waals surface area contributed by atoms with Crippen molar-refractivity contribution in [1.82, 2.24) is 5.32 Å². The number of hydrogen-bond donors (Lipinski definition) is 1. The van der Waals surface area contributed by atoms with Gasteiger partial charge in [0.15, 0.2) is 0 Å². The third-order valence-corrected chi connectivity index (χ3v) is 5.98. The van der Waals surface area contributed by atoms with Crippen LogP contribution in [0.5, 0.6) is 0 Å². The molecule has 0 fully saturated rings. The van der Waals surface area contributed by atoms with Gasteiger partial charge in [-0.3, -0.25) is 0 Å². The molecule has 2 aromatic carbocycles. The van der Waals surface area contributed by atoms with E-state index >= 15 is 0 Å². The van der Waals surface area contributed by atoms with E-state index in [1.807, 2.05) is 7.05 Å². The number of halogens is 1. The third kappa shape index (κ3) is 2.54. The molecule has 0 saturated heterocycles. The Kier molecular flexibility index (Phi) is 4.16. The Balaban J connectivity index is 2.22. The largest absolute Gasteiger partial charge is 0.309 e. The quantitative estimate of drug-likeness (QED) is 0.642. The number of fused-ring (bicyclic) bond motifs is 1. The minimum Gasteiger partial charge on any atom is -0.309 e. The fourth-order valence-corrected chi connectivity index (χ4v) is 4.65. The van der Waals surface area contributed by atoms with Crippen molar-refractivity contribution in [2.45, 2.75) is 19.9 Å². The highest BCUT2D eigenvalue weighted by atomic mass is 79.9. The van der Waals surface area contributed by atoms with Crippen LogP contribution in [0.15, 0.2) is 46.3 Å². The van der Waals surface area contributed by atoms with Crippen LogP contribution in [0.3, 0.4) is 0 Å². The Morgan fingerprint density at radius 1 is 1.05 bits per heavy atom. The molecule has 1 aromatic heterocycles. The molecule has 3 rings (SSSR count). The van der Waals surface area contributed by atoms with E-state index in [1.165, 1.54) is 36.8 Å². The van der Waals surface area contributed by atoms with Crippen molar-refractivity contribution in [2.24, 2.45) is 0 Å². The Morgan fingerprint density at radius 2 is 1.71 bits per heavy atom. The SMILES string of the molecule is CNC(c1c(C)cccc1C)c1csc2c(Br)cccc12. The van der Waals surface area contributed by atoms with Gasteiger partial charge in [0.05, 0.1) is 6.04 Å².